The summed E-state index contributed by atoms with van der Waals surface area (Å²) in [4.78, 5) is 11.4. The Balaban J connectivity index is 1.78. The molecular formula is C12H16N2O2. The van der Waals surface area contributed by atoms with Crippen LogP contribution in [-0.2, 0) is 6.54 Å². The van der Waals surface area contributed by atoms with Gasteiger partial charge in [-0.1, -0.05) is 18.2 Å². The van der Waals surface area contributed by atoms with Crippen molar-refractivity contribution in [2.24, 2.45) is 0 Å². The van der Waals surface area contributed by atoms with E-state index in [4.69, 9.17) is 0 Å². The van der Waals surface area contributed by atoms with Gasteiger partial charge in [0.2, 0.25) is 0 Å². The Morgan fingerprint density at radius 2 is 2.12 bits per heavy atom. The summed E-state index contributed by atoms with van der Waals surface area (Å²) >= 11 is 0. The van der Waals surface area contributed by atoms with Crippen LogP contribution in [0.3, 0.4) is 0 Å². The van der Waals surface area contributed by atoms with E-state index in [-0.39, 0.29) is 11.8 Å². The first-order valence-corrected chi connectivity index (χ1v) is 5.57. The molecule has 0 bridgehead atoms. The fourth-order valence-corrected chi connectivity index (χ4v) is 1.62. The van der Waals surface area contributed by atoms with Gasteiger partial charge in [0.25, 0.3) is 0 Å². The van der Waals surface area contributed by atoms with Crippen LogP contribution < -0.4 is 10.6 Å². The second-order valence-corrected chi connectivity index (χ2v) is 4.08. The number of para-hydroxylation sites is 1. The fraction of sp³-hybridized carbons (Fsp3) is 0.417. The summed E-state index contributed by atoms with van der Waals surface area (Å²) in [6, 6.07) is 7.17. The van der Waals surface area contributed by atoms with Crippen molar-refractivity contribution in [3.8, 4) is 5.75 Å². The lowest BCUT2D eigenvalue weighted by Gasteiger charge is -2.26. The predicted molar refractivity (Wildman–Crippen MR) is 61.1 cm³/mol. The van der Waals surface area contributed by atoms with E-state index in [0.717, 1.165) is 18.4 Å². The first-order chi connectivity index (χ1) is 7.75. The lowest BCUT2D eigenvalue weighted by atomic mass is 9.93. The minimum Gasteiger partial charge on any atom is -0.508 e. The molecule has 0 atom stereocenters. The van der Waals surface area contributed by atoms with Crippen LogP contribution in [0.15, 0.2) is 24.3 Å². The van der Waals surface area contributed by atoms with Gasteiger partial charge >= 0.3 is 6.03 Å². The number of urea groups is 1. The van der Waals surface area contributed by atoms with Crippen molar-refractivity contribution in [1.29, 1.82) is 0 Å². The molecule has 0 spiro atoms. The van der Waals surface area contributed by atoms with Gasteiger partial charge < -0.3 is 15.7 Å². The summed E-state index contributed by atoms with van der Waals surface area (Å²) in [5, 5.41) is 15.1. The van der Waals surface area contributed by atoms with Gasteiger partial charge in [0, 0.05) is 18.2 Å². The van der Waals surface area contributed by atoms with E-state index in [0.29, 0.717) is 12.6 Å². The van der Waals surface area contributed by atoms with Gasteiger partial charge in [0.05, 0.1) is 0 Å². The zero-order chi connectivity index (χ0) is 11.4. The molecular weight excluding hydrogens is 204 g/mol. The molecule has 4 heteroatoms. The number of carbonyl (C=O) groups is 1. The number of amides is 2. The molecule has 1 aromatic carbocycles. The Bertz CT molecular complexity index is 375. The average Bonchev–Trinajstić information content (AvgIpc) is 2.22. The van der Waals surface area contributed by atoms with E-state index < -0.39 is 0 Å². The lowest BCUT2D eigenvalue weighted by Crippen LogP contribution is -2.44. The zero-order valence-corrected chi connectivity index (χ0v) is 9.07. The van der Waals surface area contributed by atoms with Crippen molar-refractivity contribution in [3.05, 3.63) is 29.8 Å². The normalized spacial score (nSPS) is 15.2. The zero-order valence-electron chi connectivity index (χ0n) is 9.07. The molecule has 0 aliphatic heterocycles. The summed E-state index contributed by atoms with van der Waals surface area (Å²) in [5.41, 5.74) is 0.728. The minimum absolute atomic E-state index is 0.159. The third-order valence-corrected chi connectivity index (χ3v) is 2.87. The highest BCUT2D eigenvalue weighted by atomic mass is 16.3. The van der Waals surface area contributed by atoms with Crippen molar-refractivity contribution < 1.29 is 9.90 Å². The summed E-state index contributed by atoms with van der Waals surface area (Å²) in [6.45, 7) is 0.352. The van der Waals surface area contributed by atoms with Crippen LogP contribution in [0.1, 0.15) is 24.8 Å². The first kappa shape index (κ1) is 10.8. The second-order valence-electron chi connectivity index (χ2n) is 4.08. The van der Waals surface area contributed by atoms with Crippen molar-refractivity contribution in [2.75, 3.05) is 0 Å². The van der Waals surface area contributed by atoms with Crippen LogP contribution in [0.5, 0.6) is 5.75 Å². The molecule has 1 fully saturated rings. The summed E-state index contributed by atoms with van der Waals surface area (Å²) in [5.74, 6) is 0.214. The maximum Gasteiger partial charge on any atom is 0.315 e. The van der Waals surface area contributed by atoms with E-state index in [1.807, 2.05) is 6.07 Å². The van der Waals surface area contributed by atoms with Gasteiger partial charge in [0.15, 0.2) is 0 Å². The number of benzene rings is 1. The third-order valence-electron chi connectivity index (χ3n) is 2.87. The molecule has 1 aliphatic rings. The van der Waals surface area contributed by atoms with Crippen LogP contribution >= 0.6 is 0 Å². The lowest BCUT2D eigenvalue weighted by molar-refractivity contribution is 0.228. The van der Waals surface area contributed by atoms with Crippen LogP contribution in [0.2, 0.25) is 0 Å². The minimum atomic E-state index is -0.159. The van der Waals surface area contributed by atoms with Crippen LogP contribution in [-0.4, -0.2) is 17.2 Å². The molecule has 16 heavy (non-hydrogen) atoms. The highest BCUT2D eigenvalue weighted by molar-refractivity contribution is 5.74. The highest BCUT2D eigenvalue weighted by Gasteiger charge is 2.18. The Labute approximate surface area is 94.7 Å². The standard InChI is InChI=1S/C12H16N2O2/c15-11-7-2-1-4-9(11)8-13-12(16)14-10-5-3-6-10/h1-2,4,7,10,15H,3,5-6,8H2,(H2,13,14,16). The Morgan fingerprint density at radius 3 is 2.75 bits per heavy atom. The number of hydrogen-bond acceptors (Lipinski definition) is 2. The molecule has 0 heterocycles. The van der Waals surface area contributed by atoms with E-state index in [1.165, 1.54) is 6.42 Å². The van der Waals surface area contributed by atoms with Crippen molar-refractivity contribution >= 4 is 6.03 Å². The van der Waals surface area contributed by atoms with Gasteiger partial charge in [-0.25, -0.2) is 4.79 Å². The number of aromatic hydroxyl groups is 1. The molecule has 4 nitrogen and oxygen atoms in total. The molecule has 2 amide bonds. The number of carbonyl (C=O) groups excluding carboxylic acids is 1. The van der Waals surface area contributed by atoms with Gasteiger partial charge in [-0.05, 0) is 25.3 Å². The maximum absolute atomic E-state index is 11.4. The monoisotopic (exact) mass is 220 g/mol. The molecule has 1 saturated carbocycles. The second kappa shape index (κ2) is 4.88. The van der Waals surface area contributed by atoms with Crippen LogP contribution in [0.4, 0.5) is 4.79 Å². The molecule has 3 N–H and O–H groups in total. The average molecular weight is 220 g/mol. The number of nitrogens with one attached hydrogen (secondary N) is 2. The van der Waals surface area contributed by atoms with Gasteiger partial charge in [-0.15, -0.1) is 0 Å². The fourth-order valence-electron chi connectivity index (χ4n) is 1.62. The summed E-state index contributed by atoms with van der Waals surface area (Å²) in [7, 11) is 0. The number of hydrogen-bond donors (Lipinski definition) is 3. The van der Waals surface area contributed by atoms with E-state index in [2.05, 4.69) is 10.6 Å². The third kappa shape index (κ3) is 2.66. The van der Waals surface area contributed by atoms with E-state index in [1.54, 1.807) is 18.2 Å². The molecule has 1 aromatic rings. The van der Waals surface area contributed by atoms with Gasteiger partial charge in [-0.2, -0.15) is 0 Å². The number of rotatable bonds is 3. The molecule has 0 aromatic heterocycles. The largest absolute Gasteiger partial charge is 0.508 e. The Kier molecular flexibility index (Phi) is 3.29. The predicted octanol–water partition coefficient (Wildman–Crippen LogP) is 1.74. The summed E-state index contributed by atoms with van der Waals surface area (Å²) in [6.07, 6.45) is 3.35. The van der Waals surface area contributed by atoms with Crippen molar-refractivity contribution in [2.45, 2.75) is 31.8 Å². The molecule has 86 valence electrons. The molecule has 1 aliphatic carbocycles. The summed E-state index contributed by atoms with van der Waals surface area (Å²) < 4.78 is 0. The quantitative estimate of drug-likeness (QED) is 0.726. The first-order valence-electron chi connectivity index (χ1n) is 5.57. The van der Waals surface area contributed by atoms with Crippen molar-refractivity contribution in [1.82, 2.24) is 10.6 Å². The maximum atomic E-state index is 11.4. The van der Waals surface area contributed by atoms with Crippen LogP contribution in [0.25, 0.3) is 0 Å². The Morgan fingerprint density at radius 1 is 1.38 bits per heavy atom. The smallest absolute Gasteiger partial charge is 0.315 e. The molecule has 0 radical (unpaired) electrons. The van der Waals surface area contributed by atoms with E-state index >= 15 is 0 Å². The Hall–Kier alpha value is -1.71. The number of phenolic OH excluding ortho intramolecular Hbond substituents is 1. The SMILES string of the molecule is O=C(NCc1ccccc1O)NC1CCC1. The van der Waals surface area contributed by atoms with Crippen molar-refractivity contribution in [3.63, 3.8) is 0 Å². The highest BCUT2D eigenvalue weighted by Crippen LogP contribution is 2.18. The van der Waals surface area contributed by atoms with E-state index in [9.17, 15) is 9.90 Å². The molecule has 2 rings (SSSR count). The molecule has 0 unspecified atom stereocenters. The topological polar surface area (TPSA) is 61.4 Å². The van der Waals surface area contributed by atoms with Crippen LogP contribution in [0, 0.1) is 0 Å². The molecule has 0 saturated heterocycles. The van der Waals surface area contributed by atoms with Gasteiger partial charge in [-0.3, -0.25) is 0 Å². The number of phenols is 1. The van der Waals surface area contributed by atoms with Gasteiger partial charge in [0.1, 0.15) is 5.75 Å².